The van der Waals surface area contributed by atoms with Gasteiger partial charge in [-0.1, -0.05) is 19.1 Å². The normalized spacial score (nSPS) is 11.9. The number of rotatable bonds is 6. The molecule has 0 aliphatic carbocycles. The molecular weight excluding hydrogens is 266 g/mol. The molecule has 2 aromatic rings. The van der Waals surface area contributed by atoms with Crippen LogP contribution in [-0.4, -0.2) is 12.6 Å². The molecule has 112 valence electrons. The molecule has 0 spiro atoms. The number of anilines is 1. The van der Waals surface area contributed by atoms with Crippen molar-refractivity contribution in [2.75, 3.05) is 11.9 Å². The summed E-state index contributed by atoms with van der Waals surface area (Å²) in [6, 6.07) is 9.68. The molecular formula is C16H21N3O2. The van der Waals surface area contributed by atoms with Crippen molar-refractivity contribution in [2.24, 2.45) is 0 Å². The van der Waals surface area contributed by atoms with Crippen LogP contribution >= 0.6 is 0 Å². The van der Waals surface area contributed by atoms with Gasteiger partial charge in [-0.05, 0) is 37.2 Å². The van der Waals surface area contributed by atoms with Crippen molar-refractivity contribution in [2.45, 2.75) is 26.4 Å². The Morgan fingerprint density at radius 1 is 1.33 bits per heavy atom. The lowest BCUT2D eigenvalue weighted by atomic mass is 10.1. The maximum atomic E-state index is 11.8. The third-order valence-corrected chi connectivity index (χ3v) is 3.19. The first-order chi connectivity index (χ1) is 10.2. The van der Waals surface area contributed by atoms with E-state index in [0.29, 0.717) is 6.54 Å². The maximum absolute atomic E-state index is 11.8. The molecule has 1 heterocycles. The van der Waals surface area contributed by atoms with Crippen molar-refractivity contribution < 1.29 is 9.21 Å². The van der Waals surface area contributed by atoms with Crippen molar-refractivity contribution in [1.29, 1.82) is 0 Å². The first kappa shape index (κ1) is 15.1. The minimum Gasteiger partial charge on any atom is -0.472 e. The fourth-order valence-corrected chi connectivity index (χ4v) is 2.06. The van der Waals surface area contributed by atoms with E-state index >= 15 is 0 Å². The number of benzene rings is 1. The fraction of sp³-hybridized carbons (Fsp3) is 0.312. The smallest absolute Gasteiger partial charge is 0.319 e. The van der Waals surface area contributed by atoms with Crippen LogP contribution in [0.25, 0.3) is 0 Å². The molecule has 2 rings (SSSR count). The van der Waals surface area contributed by atoms with Crippen LogP contribution in [0.5, 0.6) is 0 Å². The van der Waals surface area contributed by atoms with Gasteiger partial charge in [-0.2, -0.15) is 0 Å². The van der Waals surface area contributed by atoms with Crippen molar-refractivity contribution in [1.82, 2.24) is 10.6 Å². The van der Waals surface area contributed by atoms with Crippen LogP contribution in [0, 0.1) is 0 Å². The van der Waals surface area contributed by atoms with E-state index in [4.69, 9.17) is 4.42 Å². The number of amides is 2. The van der Waals surface area contributed by atoms with Gasteiger partial charge in [0.2, 0.25) is 0 Å². The molecule has 0 fully saturated rings. The second kappa shape index (κ2) is 7.50. The molecule has 1 aromatic heterocycles. The molecule has 0 aliphatic heterocycles. The summed E-state index contributed by atoms with van der Waals surface area (Å²) in [4.78, 5) is 11.8. The van der Waals surface area contributed by atoms with Gasteiger partial charge in [0.25, 0.3) is 0 Å². The average molecular weight is 287 g/mol. The SMILES string of the molecule is CCNC(C)c1cccc(NC(=O)NCc2ccoc2)c1. The number of urea groups is 1. The van der Waals surface area contributed by atoms with Gasteiger partial charge in [0.15, 0.2) is 0 Å². The van der Waals surface area contributed by atoms with Crippen LogP contribution < -0.4 is 16.0 Å². The van der Waals surface area contributed by atoms with Gasteiger partial charge < -0.3 is 20.4 Å². The third kappa shape index (κ3) is 4.65. The van der Waals surface area contributed by atoms with E-state index in [0.717, 1.165) is 23.4 Å². The molecule has 21 heavy (non-hydrogen) atoms. The molecule has 5 nitrogen and oxygen atoms in total. The molecule has 1 atom stereocenters. The summed E-state index contributed by atoms with van der Waals surface area (Å²) >= 11 is 0. The topological polar surface area (TPSA) is 66.3 Å². The molecule has 1 aromatic carbocycles. The summed E-state index contributed by atoms with van der Waals surface area (Å²) in [5.41, 5.74) is 2.85. The lowest BCUT2D eigenvalue weighted by Gasteiger charge is -2.14. The van der Waals surface area contributed by atoms with Gasteiger partial charge in [0, 0.05) is 23.8 Å². The summed E-state index contributed by atoms with van der Waals surface area (Å²) in [6.07, 6.45) is 3.19. The van der Waals surface area contributed by atoms with Gasteiger partial charge in [-0.25, -0.2) is 4.79 Å². The summed E-state index contributed by atoms with van der Waals surface area (Å²) in [5, 5.41) is 8.96. The van der Waals surface area contributed by atoms with Crippen LogP contribution in [0.4, 0.5) is 10.5 Å². The molecule has 1 unspecified atom stereocenters. The molecule has 0 aliphatic rings. The molecule has 3 N–H and O–H groups in total. The van der Waals surface area contributed by atoms with E-state index < -0.39 is 0 Å². The highest BCUT2D eigenvalue weighted by Gasteiger charge is 2.06. The summed E-state index contributed by atoms with van der Waals surface area (Å²) < 4.78 is 4.95. The zero-order chi connectivity index (χ0) is 15.1. The Labute approximate surface area is 124 Å². The standard InChI is InChI=1S/C16H21N3O2/c1-3-17-12(2)14-5-4-6-15(9-14)19-16(20)18-10-13-7-8-21-11-13/h4-9,11-12,17H,3,10H2,1-2H3,(H2,18,19,20). The molecule has 0 radical (unpaired) electrons. The predicted octanol–water partition coefficient (Wildman–Crippen LogP) is 3.27. The Bertz CT molecular complexity index is 567. The Hall–Kier alpha value is -2.27. The van der Waals surface area contributed by atoms with Gasteiger partial charge in [0.1, 0.15) is 0 Å². The van der Waals surface area contributed by atoms with Gasteiger partial charge in [-0.15, -0.1) is 0 Å². The fourth-order valence-electron chi connectivity index (χ4n) is 2.06. The molecule has 0 saturated carbocycles. The highest BCUT2D eigenvalue weighted by atomic mass is 16.3. The predicted molar refractivity (Wildman–Crippen MR) is 83.1 cm³/mol. The van der Waals surface area contributed by atoms with E-state index in [1.165, 1.54) is 0 Å². The van der Waals surface area contributed by atoms with Gasteiger partial charge >= 0.3 is 6.03 Å². The first-order valence-electron chi connectivity index (χ1n) is 7.08. The van der Waals surface area contributed by atoms with E-state index in [1.54, 1.807) is 12.5 Å². The number of furan rings is 1. The lowest BCUT2D eigenvalue weighted by Crippen LogP contribution is -2.28. The molecule has 0 bridgehead atoms. The minimum absolute atomic E-state index is 0.232. The summed E-state index contributed by atoms with van der Waals surface area (Å²) in [6.45, 7) is 5.52. The molecule has 2 amide bonds. The monoisotopic (exact) mass is 287 g/mol. The molecule has 0 saturated heterocycles. The van der Waals surface area contributed by atoms with Crippen LogP contribution in [-0.2, 0) is 6.54 Å². The number of nitrogens with one attached hydrogen (secondary N) is 3. The van der Waals surface area contributed by atoms with Crippen molar-refractivity contribution in [3.05, 3.63) is 54.0 Å². The second-order valence-corrected chi connectivity index (χ2v) is 4.84. The quantitative estimate of drug-likeness (QED) is 0.764. The highest BCUT2D eigenvalue weighted by Crippen LogP contribution is 2.17. The van der Waals surface area contributed by atoms with E-state index in [9.17, 15) is 4.79 Å². The van der Waals surface area contributed by atoms with Gasteiger partial charge in [-0.3, -0.25) is 0 Å². The van der Waals surface area contributed by atoms with Crippen LogP contribution in [0.3, 0.4) is 0 Å². The summed E-state index contributed by atoms with van der Waals surface area (Å²) in [7, 11) is 0. The van der Waals surface area contributed by atoms with E-state index in [2.05, 4.69) is 29.8 Å². The Morgan fingerprint density at radius 2 is 2.19 bits per heavy atom. The maximum Gasteiger partial charge on any atom is 0.319 e. The largest absolute Gasteiger partial charge is 0.472 e. The Balaban J connectivity index is 1.89. The van der Waals surface area contributed by atoms with E-state index in [1.807, 2.05) is 30.3 Å². The average Bonchev–Trinajstić information content (AvgIpc) is 2.99. The van der Waals surface area contributed by atoms with Crippen LogP contribution in [0.15, 0.2) is 47.3 Å². The van der Waals surface area contributed by atoms with Crippen LogP contribution in [0.1, 0.15) is 31.0 Å². The number of hydrogen-bond donors (Lipinski definition) is 3. The Morgan fingerprint density at radius 3 is 2.90 bits per heavy atom. The number of carbonyl (C=O) groups excluding carboxylic acids is 1. The van der Waals surface area contributed by atoms with Crippen molar-refractivity contribution in [3.63, 3.8) is 0 Å². The minimum atomic E-state index is -0.232. The highest BCUT2D eigenvalue weighted by molar-refractivity contribution is 5.89. The first-order valence-corrected chi connectivity index (χ1v) is 7.08. The Kier molecular flexibility index (Phi) is 5.40. The van der Waals surface area contributed by atoms with Crippen molar-refractivity contribution >= 4 is 11.7 Å². The molecule has 5 heteroatoms. The van der Waals surface area contributed by atoms with E-state index in [-0.39, 0.29) is 12.1 Å². The third-order valence-electron chi connectivity index (χ3n) is 3.19. The zero-order valence-electron chi connectivity index (χ0n) is 12.3. The summed E-state index contributed by atoms with van der Waals surface area (Å²) in [5.74, 6) is 0. The zero-order valence-corrected chi connectivity index (χ0v) is 12.3. The lowest BCUT2D eigenvalue weighted by molar-refractivity contribution is 0.251. The van der Waals surface area contributed by atoms with Gasteiger partial charge in [0.05, 0.1) is 12.5 Å². The number of carbonyl (C=O) groups is 1. The van der Waals surface area contributed by atoms with Crippen molar-refractivity contribution in [3.8, 4) is 0 Å². The second-order valence-electron chi connectivity index (χ2n) is 4.84. The van der Waals surface area contributed by atoms with Crippen LogP contribution in [0.2, 0.25) is 0 Å². The number of hydrogen-bond acceptors (Lipinski definition) is 3.